The summed E-state index contributed by atoms with van der Waals surface area (Å²) in [7, 11) is 0. The molecule has 1 aliphatic heterocycles. The van der Waals surface area contributed by atoms with Crippen LogP contribution in [0.5, 0.6) is 0 Å². The molecule has 5 rings (SSSR count). The number of carbonyl (C=O) groups excluding carboxylic acids is 2. The third-order valence-corrected chi connectivity index (χ3v) is 8.83. The Bertz CT molecular complexity index is 1630. The van der Waals surface area contributed by atoms with Gasteiger partial charge in [-0.05, 0) is 62.7 Å². The molecule has 1 aliphatic rings. The number of anilines is 1. The lowest BCUT2D eigenvalue weighted by Crippen LogP contribution is -2.35. The zero-order valence-corrected chi connectivity index (χ0v) is 25.9. The number of aromatic nitrogens is 2. The largest absolute Gasteiger partial charge is 0.358 e. The third kappa shape index (κ3) is 6.10. The molecule has 8 heteroatoms. The van der Waals surface area contributed by atoms with Crippen molar-refractivity contribution in [2.75, 3.05) is 31.5 Å². The maximum Gasteiger partial charge on any atom is 0.256 e. The van der Waals surface area contributed by atoms with Gasteiger partial charge in [-0.1, -0.05) is 57.5 Å². The number of thiazole rings is 1. The fraction of sp³-hybridized carbons (Fsp3) is 0.324. The highest BCUT2D eigenvalue weighted by Gasteiger charge is 2.26. The van der Waals surface area contributed by atoms with Gasteiger partial charge in [-0.3, -0.25) is 9.59 Å². The molecule has 0 bridgehead atoms. The number of hydrogen-bond acceptors (Lipinski definition) is 5. The molecule has 2 aromatic heterocycles. The van der Waals surface area contributed by atoms with Crippen LogP contribution in [-0.2, 0) is 11.2 Å². The van der Waals surface area contributed by atoms with E-state index in [1.807, 2.05) is 38.1 Å². The first-order valence-electron chi connectivity index (χ1n) is 14.7. The Labute approximate surface area is 252 Å². The zero-order chi connectivity index (χ0) is 29.8. The first-order chi connectivity index (χ1) is 20.3. The Balaban J connectivity index is 1.38. The standard InChI is InChI=1S/C34H39N5O2S/c1-6-9-23-10-12-24(13-11-23)34-38-30(20-42-34)25-14-15-28-26(18-25)27(32(40)37-28)19-29-21(4)31(22(5)36-29)33(41)35-16-17-39(7-2)8-3/h10-15,18-20,36H,6-9,16-17H2,1-5H3,(H,35,41)(H,37,40). The van der Waals surface area contributed by atoms with Gasteiger partial charge in [0.15, 0.2) is 0 Å². The van der Waals surface area contributed by atoms with Gasteiger partial charge in [0.2, 0.25) is 0 Å². The molecule has 4 aromatic rings. The number of benzene rings is 2. The summed E-state index contributed by atoms with van der Waals surface area (Å²) in [6.07, 6.45) is 4.06. The van der Waals surface area contributed by atoms with E-state index in [1.165, 1.54) is 5.56 Å². The Morgan fingerprint density at radius 1 is 1.05 bits per heavy atom. The van der Waals surface area contributed by atoms with Crippen LogP contribution in [0.2, 0.25) is 0 Å². The summed E-state index contributed by atoms with van der Waals surface area (Å²) < 4.78 is 0. The topological polar surface area (TPSA) is 90.1 Å². The van der Waals surface area contributed by atoms with E-state index in [9.17, 15) is 9.59 Å². The lowest BCUT2D eigenvalue weighted by Gasteiger charge is -2.18. The van der Waals surface area contributed by atoms with Crippen molar-refractivity contribution in [1.82, 2.24) is 20.2 Å². The highest BCUT2D eigenvalue weighted by molar-refractivity contribution is 7.13. The van der Waals surface area contributed by atoms with E-state index in [2.05, 4.69) is 70.9 Å². The fourth-order valence-corrected chi connectivity index (χ4v) is 6.33. The lowest BCUT2D eigenvalue weighted by molar-refractivity contribution is -0.110. The molecule has 7 nitrogen and oxygen atoms in total. The van der Waals surface area contributed by atoms with Gasteiger partial charge in [0.05, 0.1) is 16.8 Å². The second-order valence-corrected chi connectivity index (χ2v) is 11.6. The van der Waals surface area contributed by atoms with Crippen molar-refractivity contribution in [2.24, 2.45) is 0 Å². The number of aromatic amines is 1. The highest BCUT2D eigenvalue weighted by Crippen LogP contribution is 2.38. The van der Waals surface area contributed by atoms with Gasteiger partial charge in [-0.2, -0.15) is 0 Å². The summed E-state index contributed by atoms with van der Waals surface area (Å²) >= 11 is 1.62. The predicted molar refractivity (Wildman–Crippen MR) is 174 cm³/mol. The van der Waals surface area contributed by atoms with Crippen molar-refractivity contribution in [3.05, 3.63) is 81.5 Å². The molecule has 0 atom stereocenters. The number of amides is 2. The zero-order valence-electron chi connectivity index (χ0n) is 25.1. The quantitative estimate of drug-likeness (QED) is 0.167. The number of nitrogens with one attached hydrogen (secondary N) is 3. The van der Waals surface area contributed by atoms with Gasteiger partial charge in [-0.25, -0.2) is 4.98 Å². The number of fused-ring (bicyclic) bond motifs is 1. The number of carbonyl (C=O) groups is 2. The van der Waals surface area contributed by atoms with E-state index in [0.717, 1.165) is 82.5 Å². The van der Waals surface area contributed by atoms with Crippen LogP contribution in [0.3, 0.4) is 0 Å². The average molecular weight is 582 g/mol. The van der Waals surface area contributed by atoms with Crippen molar-refractivity contribution < 1.29 is 9.59 Å². The van der Waals surface area contributed by atoms with E-state index < -0.39 is 0 Å². The molecular formula is C34H39N5O2S. The van der Waals surface area contributed by atoms with Gasteiger partial charge in [0.1, 0.15) is 5.01 Å². The van der Waals surface area contributed by atoms with Crippen molar-refractivity contribution in [1.29, 1.82) is 0 Å². The minimum Gasteiger partial charge on any atom is -0.358 e. The van der Waals surface area contributed by atoms with Gasteiger partial charge in [0.25, 0.3) is 11.8 Å². The molecule has 3 heterocycles. The Kier molecular flexibility index (Phi) is 9.04. The van der Waals surface area contributed by atoms with Crippen molar-refractivity contribution in [2.45, 2.75) is 47.5 Å². The van der Waals surface area contributed by atoms with Gasteiger partial charge >= 0.3 is 0 Å². The molecule has 0 radical (unpaired) electrons. The van der Waals surface area contributed by atoms with Gasteiger partial charge < -0.3 is 20.5 Å². The molecule has 0 saturated heterocycles. The first-order valence-corrected chi connectivity index (χ1v) is 15.6. The summed E-state index contributed by atoms with van der Waals surface area (Å²) in [5, 5.41) is 9.07. The SMILES string of the molecule is CCCc1ccc(-c2nc(-c3ccc4c(c3)C(=Cc3[nH]c(C)c(C(=O)NCCN(CC)CC)c3C)C(=O)N4)cs2)cc1. The number of aryl methyl sites for hydroxylation is 2. The summed E-state index contributed by atoms with van der Waals surface area (Å²) in [6, 6.07) is 14.6. The molecule has 0 spiro atoms. The average Bonchev–Trinajstić information content (AvgIpc) is 3.67. The molecule has 218 valence electrons. The van der Waals surface area contributed by atoms with Crippen molar-refractivity contribution in [3.8, 4) is 21.8 Å². The molecule has 3 N–H and O–H groups in total. The molecule has 2 aromatic carbocycles. The van der Waals surface area contributed by atoms with Gasteiger partial charge in [0, 0.05) is 52.2 Å². The van der Waals surface area contributed by atoms with E-state index in [1.54, 1.807) is 11.3 Å². The predicted octanol–water partition coefficient (Wildman–Crippen LogP) is 6.94. The fourth-order valence-electron chi connectivity index (χ4n) is 5.49. The smallest absolute Gasteiger partial charge is 0.256 e. The van der Waals surface area contributed by atoms with Crippen molar-refractivity contribution in [3.63, 3.8) is 0 Å². The highest BCUT2D eigenvalue weighted by atomic mass is 32.1. The second-order valence-electron chi connectivity index (χ2n) is 10.7. The minimum absolute atomic E-state index is 0.101. The molecular weight excluding hydrogens is 542 g/mol. The first kappa shape index (κ1) is 29.5. The van der Waals surface area contributed by atoms with Crippen LogP contribution >= 0.6 is 11.3 Å². The normalized spacial score (nSPS) is 13.6. The number of H-pyrrole nitrogens is 1. The number of nitrogens with zero attached hydrogens (tertiary/aromatic N) is 2. The molecule has 42 heavy (non-hydrogen) atoms. The Morgan fingerprint density at radius 3 is 2.50 bits per heavy atom. The van der Waals surface area contributed by atoms with Crippen LogP contribution in [-0.4, -0.2) is 52.9 Å². The lowest BCUT2D eigenvalue weighted by atomic mass is 10.0. The summed E-state index contributed by atoms with van der Waals surface area (Å²) in [6.45, 7) is 13.5. The summed E-state index contributed by atoms with van der Waals surface area (Å²) in [5.41, 5.74) is 9.43. The number of rotatable bonds is 11. The summed E-state index contributed by atoms with van der Waals surface area (Å²) in [4.78, 5) is 36.6. The molecule has 0 aliphatic carbocycles. The minimum atomic E-state index is -0.162. The number of likely N-dealkylation sites (N-methyl/N-ethyl adjacent to an activating group) is 1. The molecule has 0 unspecified atom stereocenters. The van der Waals surface area contributed by atoms with E-state index in [-0.39, 0.29) is 11.8 Å². The monoisotopic (exact) mass is 581 g/mol. The van der Waals surface area contributed by atoms with Crippen LogP contribution in [0, 0.1) is 13.8 Å². The van der Waals surface area contributed by atoms with Crippen LogP contribution in [0.25, 0.3) is 33.5 Å². The van der Waals surface area contributed by atoms with E-state index in [4.69, 9.17) is 4.98 Å². The second kappa shape index (κ2) is 12.9. The van der Waals surface area contributed by atoms with Crippen LogP contribution < -0.4 is 10.6 Å². The van der Waals surface area contributed by atoms with Crippen LogP contribution in [0.1, 0.15) is 65.6 Å². The number of hydrogen-bond donors (Lipinski definition) is 3. The molecule has 0 fully saturated rings. The van der Waals surface area contributed by atoms with E-state index in [0.29, 0.717) is 17.7 Å². The Morgan fingerprint density at radius 2 is 1.79 bits per heavy atom. The molecule has 0 saturated carbocycles. The van der Waals surface area contributed by atoms with E-state index >= 15 is 0 Å². The maximum atomic E-state index is 13.1. The Hall–Kier alpha value is -4.01. The van der Waals surface area contributed by atoms with Crippen LogP contribution in [0.15, 0.2) is 47.8 Å². The maximum absolute atomic E-state index is 13.1. The third-order valence-electron chi connectivity index (χ3n) is 7.94. The van der Waals surface area contributed by atoms with Crippen molar-refractivity contribution >= 4 is 40.5 Å². The van der Waals surface area contributed by atoms with Crippen LogP contribution in [0.4, 0.5) is 5.69 Å². The molecule has 2 amide bonds. The van der Waals surface area contributed by atoms with Gasteiger partial charge in [-0.15, -0.1) is 11.3 Å². The summed E-state index contributed by atoms with van der Waals surface area (Å²) in [5.74, 6) is -0.263.